The predicted molar refractivity (Wildman–Crippen MR) is 48.4 cm³/mol. The van der Waals surface area contributed by atoms with Crippen molar-refractivity contribution in [3.05, 3.63) is 5.82 Å². The second-order valence-electron chi connectivity index (χ2n) is 3.06. The first-order valence-corrected chi connectivity index (χ1v) is 4.40. The Labute approximate surface area is 77.2 Å². The topological polar surface area (TPSA) is 71.2 Å². The Bertz CT molecular complexity index is 249. The minimum atomic E-state index is 0.217. The SMILES string of the molecule is Cc1noc(NC(C)CCCO)n1. The smallest absolute Gasteiger partial charge is 0.321 e. The monoisotopic (exact) mass is 185 g/mol. The van der Waals surface area contributed by atoms with Gasteiger partial charge >= 0.3 is 6.01 Å². The van der Waals surface area contributed by atoms with Crippen LogP contribution in [0.4, 0.5) is 6.01 Å². The van der Waals surface area contributed by atoms with Crippen molar-refractivity contribution in [2.75, 3.05) is 11.9 Å². The van der Waals surface area contributed by atoms with E-state index in [1.54, 1.807) is 6.92 Å². The van der Waals surface area contributed by atoms with Gasteiger partial charge in [0.2, 0.25) is 0 Å². The standard InChI is InChI=1S/C8H15N3O2/c1-6(4-3-5-12)9-8-10-7(2)11-13-8/h6,12H,3-5H2,1-2H3,(H,9,10,11). The largest absolute Gasteiger partial charge is 0.396 e. The van der Waals surface area contributed by atoms with E-state index in [2.05, 4.69) is 15.5 Å². The number of aliphatic hydroxyl groups excluding tert-OH is 1. The molecule has 0 spiro atoms. The second kappa shape index (κ2) is 4.81. The summed E-state index contributed by atoms with van der Waals surface area (Å²) in [7, 11) is 0. The average Bonchev–Trinajstić information content (AvgIpc) is 2.48. The van der Waals surface area contributed by atoms with Gasteiger partial charge in [-0.25, -0.2) is 0 Å². The first-order valence-electron chi connectivity index (χ1n) is 4.40. The quantitative estimate of drug-likeness (QED) is 0.714. The number of anilines is 1. The maximum Gasteiger partial charge on any atom is 0.321 e. The Morgan fingerprint density at radius 2 is 2.38 bits per heavy atom. The van der Waals surface area contributed by atoms with E-state index in [1.807, 2.05) is 6.92 Å². The predicted octanol–water partition coefficient (Wildman–Crippen LogP) is 0.951. The summed E-state index contributed by atoms with van der Waals surface area (Å²) < 4.78 is 4.88. The van der Waals surface area contributed by atoms with Gasteiger partial charge < -0.3 is 14.9 Å². The fourth-order valence-electron chi connectivity index (χ4n) is 1.04. The molecule has 0 saturated heterocycles. The number of hydrogen-bond donors (Lipinski definition) is 2. The molecular weight excluding hydrogens is 170 g/mol. The van der Waals surface area contributed by atoms with Crippen molar-refractivity contribution in [2.24, 2.45) is 0 Å². The Morgan fingerprint density at radius 1 is 1.62 bits per heavy atom. The highest BCUT2D eigenvalue weighted by Gasteiger charge is 2.06. The van der Waals surface area contributed by atoms with Crippen LogP contribution in [0.2, 0.25) is 0 Å². The highest BCUT2D eigenvalue weighted by atomic mass is 16.5. The van der Waals surface area contributed by atoms with E-state index in [0.29, 0.717) is 11.8 Å². The summed E-state index contributed by atoms with van der Waals surface area (Å²) in [6.45, 7) is 4.00. The summed E-state index contributed by atoms with van der Waals surface area (Å²) in [5, 5.41) is 15.3. The third-order valence-corrected chi connectivity index (χ3v) is 1.69. The van der Waals surface area contributed by atoms with E-state index < -0.39 is 0 Å². The Balaban J connectivity index is 2.31. The molecule has 0 aliphatic heterocycles. The molecule has 0 radical (unpaired) electrons. The van der Waals surface area contributed by atoms with Crippen molar-refractivity contribution < 1.29 is 9.63 Å². The van der Waals surface area contributed by atoms with E-state index in [0.717, 1.165) is 12.8 Å². The van der Waals surface area contributed by atoms with Crippen molar-refractivity contribution in [3.63, 3.8) is 0 Å². The van der Waals surface area contributed by atoms with Crippen molar-refractivity contribution in [1.29, 1.82) is 0 Å². The zero-order chi connectivity index (χ0) is 9.68. The maximum absolute atomic E-state index is 8.61. The van der Waals surface area contributed by atoms with E-state index in [1.165, 1.54) is 0 Å². The zero-order valence-corrected chi connectivity index (χ0v) is 7.95. The molecule has 1 unspecified atom stereocenters. The van der Waals surface area contributed by atoms with Crippen LogP contribution >= 0.6 is 0 Å². The molecule has 0 saturated carbocycles. The summed E-state index contributed by atoms with van der Waals surface area (Å²) in [5.74, 6) is 0.622. The van der Waals surface area contributed by atoms with E-state index in [-0.39, 0.29) is 12.6 Å². The summed E-state index contributed by atoms with van der Waals surface area (Å²) in [5.41, 5.74) is 0. The van der Waals surface area contributed by atoms with E-state index >= 15 is 0 Å². The Hall–Kier alpha value is -1.10. The van der Waals surface area contributed by atoms with Crippen LogP contribution in [0.15, 0.2) is 4.52 Å². The number of nitrogens with one attached hydrogen (secondary N) is 1. The molecule has 0 amide bonds. The molecule has 0 aliphatic rings. The molecule has 1 aromatic rings. The van der Waals surface area contributed by atoms with Crippen LogP contribution in [0.5, 0.6) is 0 Å². The molecule has 2 N–H and O–H groups in total. The second-order valence-corrected chi connectivity index (χ2v) is 3.06. The minimum absolute atomic E-state index is 0.217. The number of aryl methyl sites for hydroxylation is 1. The van der Waals surface area contributed by atoms with Crippen molar-refractivity contribution in [1.82, 2.24) is 10.1 Å². The maximum atomic E-state index is 8.61. The van der Waals surface area contributed by atoms with E-state index in [4.69, 9.17) is 9.63 Å². The van der Waals surface area contributed by atoms with Crippen molar-refractivity contribution in [3.8, 4) is 0 Å². The van der Waals surface area contributed by atoms with Gasteiger partial charge in [-0.05, 0) is 26.7 Å². The number of rotatable bonds is 5. The van der Waals surface area contributed by atoms with Crippen LogP contribution < -0.4 is 5.32 Å². The molecule has 13 heavy (non-hydrogen) atoms. The molecule has 1 atom stereocenters. The molecule has 1 aromatic heterocycles. The lowest BCUT2D eigenvalue weighted by atomic mass is 10.2. The van der Waals surface area contributed by atoms with Gasteiger partial charge in [0.05, 0.1) is 0 Å². The number of nitrogens with zero attached hydrogens (tertiary/aromatic N) is 2. The molecular formula is C8H15N3O2. The van der Waals surface area contributed by atoms with Crippen LogP contribution in [0.1, 0.15) is 25.6 Å². The van der Waals surface area contributed by atoms with Crippen molar-refractivity contribution >= 4 is 6.01 Å². The average molecular weight is 185 g/mol. The molecule has 74 valence electrons. The first-order chi connectivity index (χ1) is 6.22. The summed E-state index contributed by atoms with van der Waals surface area (Å²) in [4.78, 5) is 4.01. The number of aliphatic hydroxyl groups is 1. The molecule has 0 aromatic carbocycles. The van der Waals surface area contributed by atoms with Gasteiger partial charge in [0.1, 0.15) is 0 Å². The summed E-state index contributed by atoms with van der Waals surface area (Å²) >= 11 is 0. The highest BCUT2D eigenvalue weighted by molar-refractivity contribution is 5.19. The lowest BCUT2D eigenvalue weighted by Gasteiger charge is -2.09. The van der Waals surface area contributed by atoms with Crippen LogP contribution in [0.25, 0.3) is 0 Å². The van der Waals surface area contributed by atoms with Gasteiger partial charge in [-0.1, -0.05) is 5.16 Å². The van der Waals surface area contributed by atoms with Crippen LogP contribution in [0, 0.1) is 6.92 Å². The third kappa shape index (κ3) is 3.42. The molecule has 0 fully saturated rings. The molecule has 1 heterocycles. The van der Waals surface area contributed by atoms with Crippen LogP contribution in [-0.2, 0) is 0 Å². The Morgan fingerprint density at radius 3 is 2.92 bits per heavy atom. The lowest BCUT2D eigenvalue weighted by molar-refractivity contribution is 0.281. The summed E-state index contributed by atoms with van der Waals surface area (Å²) in [6.07, 6.45) is 1.67. The summed E-state index contributed by atoms with van der Waals surface area (Å²) in [6, 6.07) is 0.690. The number of aromatic nitrogens is 2. The molecule has 5 nitrogen and oxygen atoms in total. The minimum Gasteiger partial charge on any atom is -0.396 e. The molecule has 5 heteroatoms. The van der Waals surface area contributed by atoms with Crippen LogP contribution in [0.3, 0.4) is 0 Å². The zero-order valence-electron chi connectivity index (χ0n) is 7.95. The first kappa shape index (κ1) is 9.98. The molecule has 0 bridgehead atoms. The lowest BCUT2D eigenvalue weighted by Crippen LogP contribution is -2.15. The van der Waals surface area contributed by atoms with Gasteiger partial charge in [0, 0.05) is 12.6 Å². The van der Waals surface area contributed by atoms with Gasteiger partial charge in [-0.2, -0.15) is 4.98 Å². The van der Waals surface area contributed by atoms with Crippen LogP contribution in [-0.4, -0.2) is 27.9 Å². The van der Waals surface area contributed by atoms with Gasteiger partial charge in [0.25, 0.3) is 0 Å². The Kier molecular flexibility index (Phi) is 3.70. The third-order valence-electron chi connectivity index (χ3n) is 1.69. The fraction of sp³-hybridized carbons (Fsp3) is 0.750. The molecule has 1 rings (SSSR count). The van der Waals surface area contributed by atoms with E-state index in [9.17, 15) is 0 Å². The fourth-order valence-corrected chi connectivity index (χ4v) is 1.04. The highest BCUT2D eigenvalue weighted by Crippen LogP contribution is 2.07. The van der Waals surface area contributed by atoms with Gasteiger partial charge in [-0.15, -0.1) is 0 Å². The normalized spacial score (nSPS) is 12.8. The molecule has 0 aliphatic carbocycles. The van der Waals surface area contributed by atoms with Crippen molar-refractivity contribution in [2.45, 2.75) is 32.7 Å². The van der Waals surface area contributed by atoms with Gasteiger partial charge in [-0.3, -0.25) is 0 Å². The number of hydrogen-bond acceptors (Lipinski definition) is 5. The van der Waals surface area contributed by atoms with Gasteiger partial charge in [0.15, 0.2) is 5.82 Å².